The number of halogens is 1. The van der Waals surface area contributed by atoms with Gasteiger partial charge < -0.3 is 10.2 Å². The molecule has 0 spiro atoms. The lowest BCUT2D eigenvalue weighted by molar-refractivity contribution is -0.131. The van der Waals surface area contributed by atoms with Gasteiger partial charge in [0.15, 0.2) is 5.16 Å². The number of carbonyl (C=O) groups excluding carboxylic acids is 2. The zero-order valence-corrected chi connectivity index (χ0v) is 15.1. The molecule has 25 heavy (non-hydrogen) atoms. The van der Waals surface area contributed by atoms with Crippen LogP contribution in [0.3, 0.4) is 0 Å². The molecule has 0 saturated carbocycles. The van der Waals surface area contributed by atoms with Crippen molar-refractivity contribution < 1.29 is 9.59 Å². The van der Waals surface area contributed by atoms with Gasteiger partial charge in [0.25, 0.3) is 0 Å². The Labute approximate surface area is 154 Å². The highest BCUT2D eigenvalue weighted by atomic mass is 35.5. The normalized spacial score (nSPS) is 13.9. The van der Waals surface area contributed by atoms with E-state index in [2.05, 4.69) is 15.5 Å². The van der Waals surface area contributed by atoms with Crippen molar-refractivity contribution in [1.82, 2.24) is 25.0 Å². The Morgan fingerprint density at radius 3 is 2.84 bits per heavy atom. The topological polar surface area (TPSA) is 80.1 Å². The lowest BCUT2D eigenvalue weighted by Gasteiger charge is -2.15. The van der Waals surface area contributed by atoms with E-state index in [1.165, 1.54) is 11.8 Å². The third-order valence-corrected chi connectivity index (χ3v) is 5.01. The minimum atomic E-state index is -0.210. The number of likely N-dealkylation sites (tertiary alicyclic amines) is 1. The second kappa shape index (κ2) is 8.35. The molecule has 0 bridgehead atoms. The summed E-state index contributed by atoms with van der Waals surface area (Å²) in [6.45, 7) is 1.61. The molecule has 9 heteroatoms. The van der Waals surface area contributed by atoms with Crippen LogP contribution in [0.1, 0.15) is 12.8 Å². The Morgan fingerprint density at radius 2 is 2.08 bits per heavy atom. The molecule has 2 amide bonds. The number of benzene rings is 1. The molecule has 1 aliphatic rings. The third-order valence-electron chi connectivity index (χ3n) is 3.83. The van der Waals surface area contributed by atoms with Gasteiger partial charge in [0, 0.05) is 18.1 Å². The van der Waals surface area contributed by atoms with E-state index in [9.17, 15) is 9.59 Å². The third kappa shape index (κ3) is 4.73. The van der Waals surface area contributed by atoms with E-state index in [1.807, 2.05) is 12.1 Å². The second-order valence-electron chi connectivity index (χ2n) is 5.62. The number of thioether (sulfide) groups is 1. The number of rotatable bonds is 6. The van der Waals surface area contributed by atoms with E-state index in [0.29, 0.717) is 10.2 Å². The molecule has 1 aliphatic heterocycles. The lowest BCUT2D eigenvalue weighted by atomic mass is 10.3. The van der Waals surface area contributed by atoms with Crippen molar-refractivity contribution in [3.63, 3.8) is 0 Å². The summed E-state index contributed by atoms with van der Waals surface area (Å²) in [6.07, 6.45) is 3.65. The molecule has 132 valence electrons. The van der Waals surface area contributed by atoms with Gasteiger partial charge in [-0.05, 0) is 31.0 Å². The van der Waals surface area contributed by atoms with Crippen LogP contribution in [0.15, 0.2) is 35.7 Å². The van der Waals surface area contributed by atoms with E-state index in [4.69, 9.17) is 11.6 Å². The molecular formula is C16H18ClN5O2S. The maximum atomic E-state index is 12.0. The average Bonchev–Trinajstić information content (AvgIpc) is 3.29. The van der Waals surface area contributed by atoms with E-state index in [0.717, 1.165) is 31.6 Å². The molecule has 2 heterocycles. The summed E-state index contributed by atoms with van der Waals surface area (Å²) in [5.41, 5.74) is 0.824. The van der Waals surface area contributed by atoms with Gasteiger partial charge in [-0.2, -0.15) is 0 Å². The summed E-state index contributed by atoms with van der Waals surface area (Å²) < 4.78 is 1.76. The fourth-order valence-electron chi connectivity index (χ4n) is 2.56. The molecule has 0 atom stereocenters. The second-order valence-corrected chi connectivity index (χ2v) is 7.00. The zero-order valence-electron chi connectivity index (χ0n) is 13.5. The molecule has 0 radical (unpaired) electrons. The first-order valence-corrected chi connectivity index (χ1v) is 9.33. The van der Waals surface area contributed by atoms with Crippen molar-refractivity contribution in [3.05, 3.63) is 35.6 Å². The van der Waals surface area contributed by atoms with Crippen LogP contribution < -0.4 is 5.32 Å². The minimum absolute atomic E-state index is 0.0297. The fraction of sp³-hybridized carbons (Fsp3) is 0.375. The first-order valence-electron chi connectivity index (χ1n) is 7.97. The maximum Gasteiger partial charge on any atom is 0.241 e. The first kappa shape index (κ1) is 17.8. The highest BCUT2D eigenvalue weighted by Crippen LogP contribution is 2.21. The highest BCUT2D eigenvalue weighted by Gasteiger charge is 2.18. The Bertz CT molecular complexity index is 760. The summed E-state index contributed by atoms with van der Waals surface area (Å²) in [5, 5.41) is 11.8. The van der Waals surface area contributed by atoms with Gasteiger partial charge in [0.2, 0.25) is 11.8 Å². The average molecular weight is 380 g/mol. The van der Waals surface area contributed by atoms with Crippen LogP contribution >= 0.6 is 23.4 Å². The van der Waals surface area contributed by atoms with Gasteiger partial charge in [0.1, 0.15) is 6.33 Å². The van der Waals surface area contributed by atoms with Gasteiger partial charge in [-0.3, -0.25) is 14.2 Å². The lowest BCUT2D eigenvalue weighted by Crippen LogP contribution is -2.39. The van der Waals surface area contributed by atoms with Crippen molar-refractivity contribution >= 4 is 35.2 Å². The van der Waals surface area contributed by atoms with Gasteiger partial charge in [-0.25, -0.2) is 0 Å². The number of nitrogens with zero attached hydrogens (tertiary/aromatic N) is 4. The van der Waals surface area contributed by atoms with Crippen molar-refractivity contribution in [2.24, 2.45) is 0 Å². The summed E-state index contributed by atoms with van der Waals surface area (Å²) in [4.78, 5) is 25.7. The van der Waals surface area contributed by atoms with Crippen LogP contribution in [-0.2, 0) is 9.59 Å². The van der Waals surface area contributed by atoms with E-state index < -0.39 is 0 Å². The van der Waals surface area contributed by atoms with Gasteiger partial charge >= 0.3 is 0 Å². The summed E-state index contributed by atoms with van der Waals surface area (Å²) in [5.74, 6) is -0.0804. The summed E-state index contributed by atoms with van der Waals surface area (Å²) in [7, 11) is 0. The van der Waals surface area contributed by atoms with Crippen molar-refractivity contribution in [2.75, 3.05) is 25.4 Å². The Morgan fingerprint density at radius 1 is 1.28 bits per heavy atom. The van der Waals surface area contributed by atoms with Crippen LogP contribution in [0.4, 0.5) is 0 Å². The standard InChI is InChI=1S/C16H18ClN5O2S/c17-12-4-3-5-13(8-12)22-11-19-20-16(22)25-10-14(23)18-9-15(24)21-6-1-2-7-21/h3-5,8,11H,1-2,6-7,9-10H2,(H,18,23). The Balaban J connectivity index is 1.51. The number of aromatic nitrogens is 3. The smallest absolute Gasteiger partial charge is 0.241 e. The molecule has 1 aromatic heterocycles. The van der Waals surface area contributed by atoms with Crippen LogP contribution in [0.25, 0.3) is 5.69 Å². The Kier molecular flexibility index (Phi) is 5.93. The van der Waals surface area contributed by atoms with E-state index in [1.54, 1.807) is 27.9 Å². The van der Waals surface area contributed by atoms with Crippen LogP contribution in [0.2, 0.25) is 5.02 Å². The molecule has 1 fully saturated rings. The molecule has 7 nitrogen and oxygen atoms in total. The van der Waals surface area contributed by atoms with Crippen molar-refractivity contribution in [2.45, 2.75) is 18.0 Å². The molecule has 1 aromatic carbocycles. The quantitative estimate of drug-likeness (QED) is 0.773. The molecule has 1 N–H and O–H groups in total. The van der Waals surface area contributed by atoms with Crippen molar-refractivity contribution in [3.8, 4) is 5.69 Å². The molecule has 0 aliphatic carbocycles. The molecule has 0 unspecified atom stereocenters. The predicted molar refractivity (Wildman–Crippen MR) is 95.9 cm³/mol. The molecule has 2 aromatic rings. The van der Waals surface area contributed by atoms with Gasteiger partial charge in [-0.1, -0.05) is 29.4 Å². The summed E-state index contributed by atoms with van der Waals surface area (Å²) in [6, 6.07) is 7.30. The number of carbonyl (C=O) groups is 2. The minimum Gasteiger partial charge on any atom is -0.346 e. The molecule has 1 saturated heterocycles. The Hall–Kier alpha value is -2.06. The van der Waals surface area contributed by atoms with E-state index >= 15 is 0 Å². The number of nitrogens with one attached hydrogen (secondary N) is 1. The molecular weight excluding hydrogens is 362 g/mol. The van der Waals surface area contributed by atoms with Crippen LogP contribution in [-0.4, -0.2) is 56.9 Å². The van der Waals surface area contributed by atoms with Crippen molar-refractivity contribution in [1.29, 1.82) is 0 Å². The SMILES string of the molecule is O=C(CSc1nncn1-c1cccc(Cl)c1)NCC(=O)N1CCCC1. The monoisotopic (exact) mass is 379 g/mol. The fourth-order valence-corrected chi connectivity index (χ4v) is 3.50. The largest absolute Gasteiger partial charge is 0.346 e. The number of hydrogen-bond donors (Lipinski definition) is 1. The first-order chi connectivity index (χ1) is 12.1. The highest BCUT2D eigenvalue weighted by molar-refractivity contribution is 7.99. The van der Waals surface area contributed by atoms with Crippen LogP contribution in [0, 0.1) is 0 Å². The van der Waals surface area contributed by atoms with E-state index in [-0.39, 0.29) is 24.1 Å². The zero-order chi connectivity index (χ0) is 17.6. The van der Waals surface area contributed by atoms with Gasteiger partial charge in [-0.15, -0.1) is 10.2 Å². The predicted octanol–water partition coefficient (Wildman–Crippen LogP) is 1.75. The van der Waals surface area contributed by atoms with Crippen LogP contribution in [0.5, 0.6) is 0 Å². The number of amides is 2. The molecule has 3 rings (SSSR count). The summed E-state index contributed by atoms with van der Waals surface area (Å²) >= 11 is 7.26. The maximum absolute atomic E-state index is 12.0. The number of hydrogen-bond acceptors (Lipinski definition) is 5. The van der Waals surface area contributed by atoms with Gasteiger partial charge in [0.05, 0.1) is 18.0 Å².